The molecule has 1 unspecified atom stereocenters. The van der Waals surface area contributed by atoms with Crippen LogP contribution in [-0.4, -0.2) is 0 Å². The minimum absolute atomic E-state index is 0.115. The van der Waals surface area contributed by atoms with E-state index in [9.17, 15) is 0 Å². The zero-order chi connectivity index (χ0) is 14.0. The summed E-state index contributed by atoms with van der Waals surface area (Å²) in [7, 11) is 0. The van der Waals surface area contributed by atoms with Crippen molar-refractivity contribution in [1.29, 1.82) is 0 Å². The van der Waals surface area contributed by atoms with E-state index >= 15 is 0 Å². The van der Waals surface area contributed by atoms with Gasteiger partial charge in [-0.3, -0.25) is 0 Å². The van der Waals surface area contributed by atoms with Gasteiger partial charge in [-0.1, -0.05) is 46.9 Å². The van der Waals surface area contributed by atoms with Crippen LogP contribution in [0.5, 0.6) is 0 Å². The molecule has 0 spiro atoms. The van der Waals surface area contributed by atoms with Crippen molar-refractivity contribution in [2.24, 2.45) is 5.73 Å². The molecule has 0 saturated heterocycles. The average molecular weight is 315 g/mol. The number of aryl methyl sites for hydroxylation is 1. The maximum absolute atomic E-state index is 6.25. The molecule has 1 nitrogen and oxygen atoms in total. The highest BCUT2D eigenvalue weighted by Crippen LogP contribution is 2.27. The first kappa shape index (κ1) is 14.7. The molecule has 4 heteroatoms. The van der Waals surface area contributed by atoms with E-state index in [2.05, 4.69) is 0 Å². The van der Waals surface area contributed by atoms with E-state index in [-0.39, 0.29) is 6.04 Å². The first-order valence-electron chi connectivity index (χ1n) is 5.93. The van der Waals surface area contributed by atoms with Gasteiger partial charge in [-0.2, -0.15) is 0 Å². The van der Waals surface area contributed by atoms with E-state index in [1.165, 1.54) is 0 Å². The van der Waals surface area contributed by atoms with Crippen LogP contribution in [-0.2, 0) is 6.42 Å². The predicted octanol–water partition coefficient (Wildman–Crippen LogP) is 5.20. The van der Waals surface area contributed by atoms with Crippen LogP contribution in [0.25, 0.3) is 0 Å². The largest absolute Gasteiger partial charge is 0.324 e. The van der Waals surface area contributed by atoms with Crippen molar-refractivity contribution in [3.8, 4) is 0 Å². The topological polar surface area (TPSA) is 26.0 Å². The van der Waals surface area contributed by atoms with Crippen LogP contribution in [0.4, 0.5) is 0 Å². The summed E-state index contributed by atoms with van der Waals surface area (Å²) in [6.45, 7) is 2.03. The van der Waals surface area contributed by atoms with Crippen LogP contribution in [0.1, 0.15) is 22.7 Å². The first-order valence-corrected chi connectivity index (χ1v) is 7.06. The lowest BCUT2D eigenvalue weighted by Gasteiger charge is -2.15. The van der Waals surface area contributed by atoms with Crippen molar-refractivity contribution in [1.82, 2.24) is 0 Å². The lowest BCUT2D eigenvalue weighted by atomic mass is 9.96. The number of nitrogens with two attached hydrogens (primary N) is 1. The minimum atomic E-state index is -0.115. The van der Waals surface area contributed by atoms with E-state index < -0.39 is 0 Å². The van der Waals surface area contributed by atoms with Gasteiger partial charge in [-0.25, -0.2) is 0 Å². The highest BCUT2D eigenvalue weighted by atomic mass is 35.5. The van der Waals surface area contributed by atoms with Crippen molar-refractivity contribution in [3.63, 3.8) is 0 Å². The van der Waals surface area contributed by atoms with Gasteiger partial charge in [0, 0.05) is 11.1 Å². The molecule has 0 saturated carbocycles. The molecule has 0 aromatic heterocycles. The third-order valence-corrected chi connectivity index (χ3v) is 4.05. The van der Waals surface area contributed by atoms with Crippen LogP contribution in [0, 0.1) is 6.92 Å². The zero-order valence-electron chi connectivity index (χ0n) is 10.5. The van der Waals surface area contributed by atoms with Gasteiger partial charge in [0.1, 0.15) is 0 Å². The fraction of sp³-hybridized carbons (Fsp3) is 0.200. The Morgan fingerprint density at radius 2 is 1.74 bits per heavy atom. The van der Waals surface area contributed by atoms with Gasteiger partial charge in [0.05, 0.1) is 10.0 Å². The Kier molecular flexibility index (Phi) is 4.75. The molecule has 0 heterocycles. The molecule has 0 bridgehead atoms. The predicted molar refractivity (Wildman–Crippen MR) is 83.3 cm³/mol. The summed E-state index contributed by atoms with van der Waals surface area (Å²) >= 11 is 17.9. The quantitative estimate of drug-likeness (QED) is 0.828. The molecule has 19 heavy (non-hydrogen) atoms. The molecule has 0 amide bonds. The first-order chi connectivity index (χ1) is 8.97. The van der Waals surface area contributed by atoms with Crippen molar-refractivity contribution >= 4 is 34.8 Å². The number of halogens is 3. The summed E-state index contributed by atoms with van der Waals surface area (Å²) in [5.74, 6) is 0. The monoisotopic (exact) mass is 313 g/mol. The van der Waals surface area contributed by atoms with Crippen LogP contribution >= 0.6 is 34.8 Å². The molecule has 0 radical (unpaired) electrons. The molecule has 0 aliphatic carbocycles. The van der Waals surface area contributed by atoms with Crippen molar-refractivity contribution in [2.75, 3.05) is 0 Å². The number of hydrogen-bond donors (Lipinski definition) is 1. The summed E-state index contributed by atoms with van der Waals surface area (Å²) < 4.78 is 0. The molecule has 1 atom stereocenters. The molecular weight excluding hydrogens is 301 g/mol. The van der Waals surface area contributed by atoms with E-state index in [1.807, 2.05) is 37.3 Å². The second kappa shape index (κ2) is 6.15. The van der Waals surface area contributed by atoms with Crippen LogP contribution in [0.15, 0.2) is 36.4 Å². The lowest BCUT2D eigenvalue weighted by molar-refractivity contribution is 0.717. The molecule has 100 valence electrons. The molecule has 0 aliphatic heterocycles. The number of rotatable bonds is 3. The molecule has 2 aromatic rings. The molecule has 2 aromatic carbocycles. The number of benzene rings is 2. The maximum Gasteiger partial charge on any atom is 0.0595 e. The second-order valence-corrected chi connectivity index (χ2v) is 5.81. The average Bonchev–Trinajstić information content (AvgIpc) is 2.36. The van der Waals surface area contributed by atoms with E-state index in [0.29, 0.717) is 21.5 Å². The van der Waals surface area contributed by atoms with Crippen molar-refractivity contribution < 1.29 is 0 Å². The Hall–Kier alpha value is -0.730. The third-order valence-electron chi connectivity index (χ3n) is 3.08. The minimum Gasteiger partial charge on any atom is -0.324 e. The highest BCUT2D eigenvalue weighted by molar-refractivity contribution is 6.42. The van der Waals surface area contributed by atoms with Crippen molar-refractivity contribution in [2.45, 2.75) is 19.4 Å². The Bertz CT molecular complexity index is 596. The fourth-order valence-electron chi connectivity index (χ4n) is 2.04. The van der Waals surface area contributed by atoms with E-state index in [1.54, 1.807) is 6.07 Å². The normalized spacial score (nSPS) is 12.5. The second-order valence-electron chi connectivity index (χ2n) is 4.56. The number of hydrogen-bond acceptors (Lipinski definition) is 1. The van der Waals surface area contributed by atoms with Gasteiger partial charge in [0.2, 0.25) is 0 Å². The van der Waals surface area contributed by atoms with Crippen LogP contribution in [0.3, 0.4) is 0 Å². The molecule has 0 aliphatic rings. The maximum atomic E-state index is 6.25. The Labute approximate surface area is 128 Å². The van der Waals surface area contributed by atoms with Gasteiger partial charge in [-0.15, -0.1) is 0 Å². The fourth-order valence-corrected chi connectivity index (χ4v) is 2.54. The molecular formula is C15H14Cl3N. The van der Waals surface area contributed by atoms with Gasteiger partial charge in [0.15, 0.2) is 0 Å². The summed E-state index contributed by atoms with van der Waals surface area (Å²) in [5, 5.41) is 1.80. The standard InChI is InChI=1S/C15H14Cl3N/c1-9-2-4-11(16)8-12(9)15(19)7-10-3-5-13(17)14(18)6-10/h2-6,8,15H,7,19H2,1H3. The Morgan fingerprint density at radius 3 is 2.42 bits per heavy atom. The molecule has 0 fully saturated rings. The summed E-state index contributed by atoms with van der Waals surface area (Å²) in [6, 6.07) is 11.2. The Balaban J connectivity index is 2.22. The van der Waals surface area contributed by atoms with Gasteiger partial charge in [0.25, 0.3) is 0 Å². The summed E-state index contributed by atoms with van der Waals surface area (Å²) in [5.41, 5.74) is 9.50. The van der Waals surface area contributed by atoms with Crippen LogP contribution in [0.2, 0.25) is 15.1 Å². The van der Waals surface area contributed by atoms with Crippen LogP contribution < -0.4 is 5.73 Å². The Morgan fingerprint density at radius 1 is 1.00 bits per heavy atom. The molecule has 2 rings (SSSR count). The third kappa shape index (κ3) is 3.64. The van der Waals surface area contributed by atoms with Gasteiger partial charge >= 0.3 is 0 Å². The summed E-state index contributed by atoms with van der Waals surface area (Å²) in [6.07, 6.45) is 0.693. The van der Waals surface area contributed by atoms with E-state index in [0.717, 1.165) is 16.7 Å². The SMILES string of the molecule is Cc1ccc(Cl)cc1C(N)Cc1ccc(Cl)c(Cl)c1. The lowest BCUT2D eigenvalue weighted by Crippen LogP contribution is -2.14. The highest BCUT2D eigenvalue weighted by Gasteiger charge is 2.11. The van der Waals surface area contributed by atoms with Gasteiger partial charge < -0.3 is 5.73 Å². The smallest absolute Gasteiger partial charge is 0.0595 e. The van der Waals surface area contributed by atoms with E-state index in [4.69, 9.17) is 40.5 Å². The van der Waals surface area contributed by atoms with Crippen molar-refractivity contribution in [3.05, 3.63) is 68.2 Å². The zero-order valence-corrected chi connectivity index (χ0v) is 12.7. The summed E-state index contributed by atoms with van der Waals surface area (Å²) in [4.78, 5) is 0. The molecule has 2 N–H and O–H groups in total. The van der Waals surface area contributed by atoms with Gasteiger partial charge in [-0.05, 0) is 54.3 Å².